The minimum atomic E-state index is -0.363. The van der Waals surface area contributed by atoms with Crippen molar-refractivity contribution in [3.63, 3.8) is 0 Å². The van der Waals surface area contributed by atoms with Crippen LogP contribution in [0.2, 0.25) is 0 Å². The zero-order valence-electron chi connectivity index (χ0n) is 14.2. The van der Waals surface area contributed by atoms with Gasteiger partial charge in [-0.15, -0.1) is 0 Å². The van der Waals surface area contributed by atoms with Crippen molar-refractivity contribution >= 4 is 6.08 Å². The number of aliphatic hydroxyl groups excluding tert-OH is 1. The largest absolute Gasteiger partial charge is 0.497 e. The Labute approximate surface area is 140 Å². The van der Waals surface area contributed by atoms with Crippen LogP contribution in [0, 0.1) is 11.8 Å². The van der Waals surface area contributed by atoms with Crippen LogP contribution in [0.15, 0.2) is 30.3 Å². The van der Waals surface area contributed by atoms with Crippen molar-refractivity contribution in [3.05, 3.63) is 35.9 Å². The number of likely N-dealkylation sites (tertiary alicyclic amines) is 1. The van der Waals surface area contributed by atoms with Crippen LogP contribution in [-0.4, -0.2) is 42.9 Å². The van der Waals surface area contributed by atoms with Gasteiger partial charge in [-0.2, -0.15) is 0 Å². The molecule has 1 saturated carbocycles. The van der Waals surface area contributed by atoms with E-state index in [-0.39, 0.29) is 6.10 Å². The molecule has 3 nitrogen and oxygen atoms in total. The summed E-state index contributed by atoms with van der Waals surface area (Å²) in [4.78, 5) is 2.56. The molecule has 2 aliphatic rings. The SMILES string of the molecule is COc1ccc(C=CC(O)CCN2CCC3CCC(C3)C2)cc1. The topological polar surface area (TPSA) is 32.7 Å². The summed E-state index contributed by atoms with van der Waals surface area (Å²) in [6.07, 6.45) is 10.0. The summed E-state index contributed by atoms with van der Waals surface area (Å²) in [5, 5.41) is 10.2. The number of fused-ring (bicyclic) bond motifs is 2. The highest BCUT2D eigenvalue weighted by Gasteiger charge is 2.29. The summed E-state index contributed by atoms with van der Waals surface area (Å²) < 4.78 is 5.15. The predicted molar refractivity (Wildman–Crippen MR) is 94.5 cm³/mol. The molecular weight excluding hydrogens is 286 g/mol. The molecule has 3 unspecified atom stereocenters. The smallest absolute Gasteiger partial charge is 0.118 e. The zero-order chi connectivity index (χ0) is 16.1. The fourth-order valence-corrected chi connectivity index (χ4v) is 3.98. The first-order chi connectivity index (χ1) is 11.2. The molecule has 1 heterocycles. The third kappa shape index (κ3) is 4.82. The highest BCUT2D eigenvalue weighted by Crippen LogP contribution is 2.36. The lowest BCUT2D eigenvalue weighted by molar-refractivity contribution is 0.168. The van der Waals surface area contributed by atoms with Gasteiger partial charge in [-0.05, 0) is 61.8 Å². The summed E-state index contributed by atoms with van der Waals surface area (Å²) in [7, 11) is 1.67. The number of methoxy groups -OCH3 is 1. The maximum atomic E-state index is 10.2. The number of benzene rings is 1. The van der Waals surface area contributed by atoms with Crippen LogP contribution in [0.25, 0.3) is 6.08 Å². The standard InChI is InChI=1S/C20H29NO2/c1-23-20-8-5-16(6-9-20)4-7-19(22)11-13-21-12-10-17-2-3-18(14-17)15-21/h4-9,17-19,22H,2-3,10-15H2,1H3. The second-order valence-corrected chi connectivity index (χ2v) is 7.12. The number of rotatable bonds is 6. The molecule has 2 bridgehead atoms. The minimum absolute atomic E-state index is 0.363. The lowest BCUT2D eigenvalue weighted by atomic mass is 10.0. The summed E-state index contributed by atoms with van der Waals surface area (Å²) >= 11 is 0. The Bertz CT molecular complexity index is 511. The summed E-state index contributed by atoms with van der Waals surface area (Å²) in [5.41, 5.74) is 1.09. The van der Waals surface area contributed by atoms with Gasteiger partial charge in [0.05, 0.1) is 13.2 Å². The molecule has 1 aliphatic carbocycles. The second-order valence-electron chi connectivity index (χ2n) is 7.12. The first-order valence-electron chi connectivity index (χ1n) is 8.95. The summed E-state index contributed by atoms with van der Waals surface area (Å²) in [5.74, 6) is 2.75. The Kier molecular flexibility index (Phi) is 5.74. The highest BCUT2D eigenvalue weighted by atomic mass is 16.5. The molecule has 3 rings (SSSR count). The molecule has 0 spiro atoms. The summed E-state index contributed by atoms with van der Waals surface area (Å²) in [6.45, 7) is 3.47. The first-order valence-corrected chi connectivity index (χ1v) is 8.95. The van der Waals surface area contributed by atoms with Gasteiger partial charge in [-0.3, -0.25) is 0 Å². The van der Waals surface area contributed by atoms with E-state index in [1.807, 2.05) is 36.4 Å². The van der Waals surface area contributed by atoms with Crippen LogP contribution in [0.3, 0.4) is 0 Å². The van der Waals surface area contributed by atoms with Crippen LogP contribution in [-0.2, 0) is 0 Å². The molecule has 0 amide bonds. The Hall–Kier alpha value is -1.32. The van der Waals surface area contributed by atoms with Gasteiger partial charge in [0.25, 0.3) is 0 Å². The quantitative estimate of drug-likeness (QED) is 0.871. The number of ether oxygens (including phenoxy) is 1. The lowest BCUT2D eigenvalue weighted by Crippen LogP contribution is -2.31. The van der Waals surface area contributed by atoms with Gasteiger partial charge in [0.1, 0.15) is 5.75 Å². The maximum absolute atomic E-state index is 10.2. The van der Waals surface area contributed by atoms with Crippen molar-refractivity contribution in [2.24, 2.45) is 11.8 Å². The van der Waals surface area contributed by atoms with E-state index in [4.69, 9.17) is 4.74 Å². The van der Waals surface area contributed by atoms with Crippen LogP contribution in [0.4, 0.5) is 0 Å². The van der Waals surface area contributed by atoms with Crippen molar-refractivity contribution in [1.82, 2.24) is 4.90 Å². The molecule has 1 N–H and O–H groups in total. The Morgan fingerprint density at radius 3 is 2.78 bits per heavy atom. The van der Waals surface area contributed by atoms with E-state index in [0.29, 0.717) is 0 Å². The van der Waals surface area contributed by atoms with Crippen LogP contribution in [0.1, 0.15) is 37.7 Å². The molecule has 126 valence electrons. The van der Waals surface area contributed by atoms with Crippen molar-refractivity contribution < 1.29 is 9.84 Å². The van der Waals surface area contributed by atoms with E-state index in [1.54, 1.807) is 7.11 Å². The monoisotopic (exact) mass is 315 g/mol. The van der Waals surface area contributed by atoms with Crippen molar-refractivity contribution in [3.8, 4) is 5.75 Å². The molecule has 1 aromatic rings. The van der Waals surface area contributed by atoms with Crippen molar-refractivity contribution in [2.45, 2.75) is 38.2 Å². The van der Waals surface area contributed by atoms with Gasteiger partial charge in [-0.25, -0.2) is 0 Å². The van der Waals surface area contributed by atoms with Gasteiger partial charge in [0, 0.05) is 13.1 Å². The molecule has 0 radical (unpaired) electrons. The van der Waals surface area contributed by atoms with E-state index in [1.165, 1.54) is 38.8 Å². The van der Waals surface area contributed by atoms with E-state index < -0.39 is 0 Å². The average molecular weight is 315 g/mol. The summed E-state index contributed by atoms with van der Waals surface area (Å²) in [6, 6.07) is 7.90. The van der Waals surface area contributed by atoms with Gasteiger partial charge in [0.15, 0.2) is 0 Å². The Morgan fingerprint density at radius 2 is 2.00 bits per heavy atom. The molecule has 23 heavy (non-hydrogen) atoms. The number of hydrogen-bond acceptors (Lipinski definition) is 3. The van der Waals surface area contributed by atoms with Crippen molar-refractivity contribution in [2.75, 3.05) is 26.7 Å². The third-order valence-electron chi connectivity index (χ3n) is 5.39. The maximum Gasteiger partial charge on any atom is 0.118 e. The number of aliphatic hydroxyl groups is 1. The molecule has 0 aromatic heterocycles. The van der Waals surface area contributed by atoms with E-state index in [9.17, 15) is 5.11 Å². The molecular formula is C20H29NO2. The molecule has 2 fully saturated rings. The van der Waals surface area contributed by atoms with Crippen LogP contribution >= 0.6 is 0 Å². The van der Waals surface area contributed by atoms with Crippen LogP contribution < -0.4 is 4.74 Å². The third-order valence-corrected chi connectivity index (χ3v) is 5.39. The second kappa shape index (κ2) is 7.98. The van der Waals surface area contributed by atoms with E-state index >= 15 is 0 Å². The molecule has 3 heteroatoms. The first kappa shape index (κ1) is 16.5. The molecule has 1 aromatic carbocycles. The fraction of sp³-hybridized carbons (Fsp3) is 0.600. The Balaban J connectivity index is 1.43. The Morgan fingerprint density at radius 1 is 1.22 bits per heavy atom. The number of hydrogen-bond donors (Lipinski definition) is 1. The molecule has 1 aliphatic heterocycles. The zero-order valence-corrected chi connectivity index (χ0v) is 14.2. The van der Waals surface area contributed by atoms with Gasteiger partial charge in [0.2, 0.25) is 0 Å². The lowest BCUT2D eigenvalue weighted by Gasteiger charge is -2.25. The normalized spacial score (nSPS) is 26.3. The van der Waals surface area contributed by atoms with Crippen LogP contribution in [0.5, 0.6) is 5.75 Å². The average Bonchev–Trinajstić information content (AvgIpc) is 2.92. The fourth-order valence-electron chi connectivity index (χ4n) is 3.98. The van der Waals surface area contributed by atoms with Gasteiger partial charge >= 0.3 is 0 Å². The van der Waals surface area contributed by atoms with Gasteiger partial charge in [-0.1, -0.05) is 30.7 Å². The van der Waals surface area contributed by atoms with E-state index in [2.05, 4.69) is 4.90 Å². The van der Waals surface area contributed by atoms with Gasteiger partial charge < -0.3 is 14.7 Å². The highest BCUT2D eigenvalue weighted by molar-refractivity contribution is 5.51. The molecule has 3 atom stereocenters. The number of nitrogens with zero attached hydrogens (tertiary/aromatic N) is 1. The minimum Gasteiger partial charge on any atom is -0.497 e. The molecule has 1 saturated heterocycles. The predicted octanol–water partition coefficient (Wildman–Crippen LogP) is 3.58. The van der Waals surface area contributed by atoms with E-state index in [0.717, 1.165) is 36.1 Å². The van der Waals surface area contributed by atoms with Crippen molar-refractivity contribution in [1.29, 1.82) is 0 Å².